The second-order valence-electron chi connectivity index (χ2n) is 4.09. The largest absolute Gasteiger partial charge is 0.444 e. The van der Waals surface area contributed by atoms with Gasteiger partial charge in [-0.15, -0.1) is 0 Å². The first-order valence-electron chi connectivity index (χ1n) is 6.10. The minimum Gasteiger partial charge on any atom is -0.444 e. The Morgan fingerprint density at radius 3 is 2.50 bits per heavy atom. The molecule has 0 amide bonds. The van der Waals surface area contributed by atoms with Gasteiger partial charge in [0.25, 0.3) is 0 Å². The smallest absolute Gasteiger partial charge is 0.181 e. The van der Waals surface area contributed by atoms with E-state index in [-0.39, 0.29) is 0 Å². The van der Waals surface area contributed by atoms with Gasteiger partial charge in [0.2, 0.25) is 0 Å². The number of hydrogen-bond acceptors (Lipinski definition) is 5. The number of oxazole rings is 1. The number of hydrazone groups is 1. The van der Waals surface area contributed by atoms with E-state index in [2.05, 4.69) is 20.5 Å². The molecule has 2 heterocycles. The summed E-state index contributed by atoms with van der Waals surface area (Å²) in [6.45, 7) is 0. The number of hydrogen-bond donors (Lipinski definition) is 1. The SMILES string of the molecule is C(=N/Nc1ccc(-c2cnco2)cc1)/c1ccncc1. The van der Waals surface area contributed by atoms with Crippen molar-refractivity contribution < 1.29 is 4.42 Å². The van der Waals surface area contributed by atoms with Crippen LogP contribution >= 0.6 is 0 Å². The minimum atomic E-state index is 0.747. The molecule has 0 saturated heterocycles. The average Bonchev–Trinajstić information content (AvgIpc) is 3.03. The van der Waals surface area contributed by atoms with Crippen molar-refractivity contribution in [3.63, 3.8) is 0 Å². The minimum absolute atomic E-state index is 0.747. The summed E-state index contributed by atoms with van der Waals surface area (Å²) < 4.78 is 5.23. The molecule has 1 aromatic carbocycles. The lowest BCUT2D eigenvalue weighted by Gasteiger charge is -2.01. The number of pyridine rings is 1. The van der Waals surface area contributed by atoms with Crippen molar-refractivity contribution in [2.75, 3.05) is 5.43 Å². The zero-order valence-electron chi connectivity index (χ0n) is 10.6. The summed E-state index contributed by atoms with van der Waals surface area (Å²) in [7, 11) is 0. The molecule has 0 fully saturated rings. The Morgan fingerprint density at radius 1 is 1.00 bits per heavy atom. The highest BCUT2D eigenvalue weighted by Crippen LogP contribution is 2.20. The molecule has 1 N–H and O–H groups in total. The van der Waals surface area contributed by atoms with Gasteiger partial charge in [-0.25, -0.2) is 4.98 Å². The van der Waals surface area contributed by atoms with Gasteiger partial charge in [-0.2, -0.15) is 5.10 Å². The molecule has 2 aromatic heterocycles. The molecule has 0 saturated carbocycles. The number of rotatable bonds is 4. The Hall–Kier alpha value is -2.95. The van der Waals surface area contributed by atoms with E-state index in [1.54, 1.807) is 24.8 Å². The van der Waals surface area contributed by atoms with Crippen molar-refractivity contribution in [3.8, 4) is 11.3 Å². The first-order valence-corrected chi connectivity index (χ1v) is 6.10. The molecule has 0 aliphatic rings. The van der Waals surface area contributed by atoms with Gasteiger partial charge in [-0.05, 0) is 42.0 Å². The van der Waals surface area contributed by atoms with E-state index in [9.17, 15) is 0 Å². The van der Waals surface area contributed by atoms with Gasteiger partial charge in [0.1, 0.15) is 0 Å². The highest BCUT2D eigenvalue weighted by molar-refractivity contribution is 5.79. The van der Waals surface area contributed by atoms with Gasteiger partial charge in [0.05, 0.1) is 18.1 Å². The Kier molecular flexibility index (Phi) is 3.51. The lowest BCUT2D eigenvalue weighted by Crippen LogP contribution is -1.90. The Balaban J connectivity index is 1.65. The van der Waals surface area contributed by atoms with Crippen molar-refractivity contribution in [1.82, 2.24) is 9.97 Å². The molecular formula is C15H12N4O. The number of benzene rings is 1. The second kappa shape index (κ2) is 5.79. The molecule has 3 rings (SSSR count). The van der Waals surface area contributed by atoms with Crippen molar-refractivity contribution in [1.29, 1.82) is 0 Å². The van der Waals surface area contributed by atoms with Crippen LogP contribution in [0, 0.1) is 0 Å². The highest BCUT2D eigenvalue weighted by atomic mass is 16.3. The lowest BCUT2D eigenvalue weighted by atomic mass is 10.2. The maximum atomic E-state index is 5.23. The highest BCUT2D eigenvalue weighted by Gasteiger charge is 2.00. The van der Waals surface area contributed by atoms with Gasteiger partial charge in [-0.3, -0.25) is 10.4 Å². The van der Waals surface area contributed by atoms with Crippen LogP contribution < -0.4 is 5.43 Å². The van der Waals surface area contributed by atoms with E-state index in [4.69, 9.17) is 4.42 Å². The summed E-state index contributed by atoms with van der Waals surface area (Å²) in [6, 6.07) is 11.5. The summed E-state index contributed by atoms with van der Waals surface area (Å²) in [4.78, 5) is 7.84. The summed E-state index contributed by atoms with van der Waals surface area (Å²) in [5, 5.41) is 4.17. The number of anilines is 1. The summed E-state index contributed by atoms with van der Waals surface area (Å²) in [6.07, 6.45) is 8.30. The standard InChI is InChI=1S/C15H12N4O/c1-3-14(4-2-13(1)15-10-17-11-20-15)19-18-9-12-5-7-16-8-6-12/h1-11,19H/b18-9-. The van der Waals surface area contributed by atoms with Crippen LogP contribution in [-0.2, 0) is 0 Å². The Bertz CT molecular complexity index is 676. The first kappa shape index (κ1) is 12.1. The monoisotopic (exact) mass is 264 g/mol. The van der Waals surface area contributed by atoms with Gasteiger partial charge in [0, 0.05) is 18.0 Å². The van der Waals surface area contributed by atoms with Crippen LogP contribution in [0.15, 0.2) is 70.9 Å². The van der Waals surface area contributed by atoms with Crippen LogP contribution in [0.5, 0.6) is 0 Å². The molecule has 3 aromatic rings. The average molecular weight is 264 g/mol. The molecule has 0 bridgehead atoms. The van der Waals surface area contributed by atoms with E-state index >= 15 is 0 Å². The Morgan fingerprint density at radius 2 is 1.80 bits per heavy atom. The molecule has 0 radical (unpaired) electrons. The van der Waals surface area contributed by atoms with Crippen LogP contribution in [0.25, 0.3) is 11.3 Å². The van der Waals surface area contributed by atoms with E-state index in [1.165, 1.54) is 6.39 Å². The fourth-order valence-electron chi connectivity index (χ4n) is 1.70. The normalized spacial score (nSPS) is 10.8. The second-order valence-corrected chi connectivity index (χ2v) is 4.09. The molecular weight excluding hydrogens is 252 g/mol. The summed E-state index contributed by atoms with van der Waals surface area (Å²) >= 11 is 0. The van der Waals surface area contributed by atoms with Crippen LogP contribution in [0.1, 0.15) is 5.56 Å². The number of nitrogens with one attached hydrogen (secondary N) is 1. The predicted octanol–water partition coefficient (Wildman–Crippen LogP) is 3.18. The van der Waals surface area contributed by atoms with E-state index in [0.29, 0.717) is 0 Å². The summed E-state index contributed by atoms with van der Waals surface area (Å²) in [5.74, 6) is 0.747. The van der Waals surface area contributed by atoms with Gasteiger partial charge < -0.3 is 4.42 Å². The fourth-order valence-corrected chi connectivity index (χ4v) is 1.70. The molecule has 0 spiro atoms. The zero-order chi connectivity index (χ0) is 13.6. The molecule has 0 aliphatic heterocycles. The van der Waals surface area contributed by atoms with E-state index in [1.807, 2.05) is 36.4 Å². The van der Waals surface area contributed by atoms with Crippen molar-refractivity contribution in [2.24, 2.45) is 5.10 Å². The first-order chi connectivity index (χ1) is 9.92. The van der Waals surface area contributed by atoms with Crippen LogP contribution in [0.3, 0.4) is 0 Å². The van der Waals surface area contributed by atoms with Gasteiger partial charge >= 0.3 is 0 Å². The third kappa shape index (κ3) is 2.89. The molecule has 98 valence electrons. The van der Waals surface area contributed by atoms with Crippen molar-refractivity contribution in [2.45, 2.75) is 0 Å². The topological polar surface area (TPSA) is 63.3 Å². The third-order valence-corrected chi connectivity index (χ3v) is 2.72. The Labute approximate surface area is 116 Å². The maximum Gasteiger partial charge on any atom is 0.181 e. The van der Waals surface area contributed by atoms with Crippen molar-refractivity contribution in [3.05, 3.63) is 66.9 Å². The van der Waals surface area contributed by atoms with E-state index in [0.717, 1.165) is 22.6 Å². The molecule has 5 nitrogen and oxygen atoms in total. The van der Waals surface area contributed by atoms with Gasteiger partial charge in [-0.1, -0.05) is 0 Å². The van der Waals surface area contributed by atoms with Gasteiger partial charge in [0.15, 0.2) is 12.2 Å². The van der Waals surface area contributed by atoms with Crippen LogP contribution in [-0.4, -0.2) is 16.2 Å². The van der Waals surface area contributed by atoms with Crippen LogP contribution in [0.4, 0.5) is 5.69 Å². The predicted molar refractivity (Wildman–Crippen MR) is 77.4 cm³/mol. The van der Waals surface area contributed by atoms with Crippen LogP contribution in [0.2, 0.25) is 0 Å². The molecule has 5 heteroatoms. The number of aromatic nitrogens is 2. The molecule has 0 aliphatic carbocycles. The van der Waals surface area contributed by atoms with E-state index < -0.39 is 0 Å². The maximum absolute atomic E-state index is 5.23. The lowest BCUT2D eigenvalue weighted by molar-refractivity contribution is 0.572. The fraction of sp³-hybridized carbons (Fsp3) is 0. The molecule has 20 heavy (non-hydrogen) atoms. The summed E-state index contributed by atoms with van der Waals surface area (Å²) in [5.41, 5.74) is 5.84. The molecule has 0 atom stereocenters. The number of nitrogens with zero attached hydrogens (tertiary/aromatic N) is 3. The van der Waals surface area contributed by atoms with Crippen molar-refractivity contribution >= 4 is 11.9 Å². The molecule has 0 unspecified atom stereocenters. The third-order valence-electron chi connectivity index (χ3n) is 2.72. The zero-order valence-corrected chi connectivity index (χ0v) is 10.6. The quantitative estimate of drug-likeness (QED) is 0.580.